The van der Waals surface area contributed by atoms with E-state index in [9.17, 15) is 14.4 Å². The van der Waals surface area contributed by atoms with Crippen molar-refractivity contribution in [2.24, 2.45) is 5.92 Å². The zero-order valence-electron chi connectivity index (χ0n) is 18.6. The molecule has 0 bridgehead atoms. The largest absolute Gasteiger partial charge is 0.497 e. The minimum absolute atomic E-state index is 0.140. The molecule has 4 rings (SSSR count). The molecule has 0 aliphatic carbocycles. The Morgan fingerprint density at radius 1 is 1.21 bits per heavy atom. The van der Waals surface area contributed by atoms with Crippen LogP contribution in [0, 0.1) is 5.92 Å². The van der Waals surface area contributed by atoms with Crippen molar-refractivity contribution in [2.75, 3.05) is 27.0 Å². The van der Waals surface area contributed by atoms with Gasteiger partial charge < -0.3 is 19.4 Å². The zero-order chi connectivity index (χ0) is 23.5. The molecule has 1 aromatic heterocycles. The molecular weight excluding hydrogens is 446 g/mol. The number of imide groups is 1. The second-order valence-corrected chi connectivity index (χ2v) is 9.02. The molecule has 2 aromatic rings. The molecular formula is C22H27N5O5S. The van der Waals surface area contributed by atoms with E-state index in [1.807, 2.05) is 24.3 Å². The highest BCUT2D eigenvalue weighted by atomic mass is 32.2. The maximum atomic E-state index is 13.0. The molecule has 10 nitrogen and oxygen atoms in total. The van der Waals surface area contributed by atoms with E-state index in [2.05, 4.69) is 16.0 Å². The topological polar surface area (TPSA) is 116 Å². The van der Waals surface area contributed by atoms with Gasteiger partial charge in [-0.2, -0.15) is 0 Å². The molecule has 4 atom stereocenters. The SMILES string of the molecule is COc1cccc(C2NC(SCC(=O)NCc3ccco3)C3C(=O)N(C)C(=O)N(C)C3N2)c1. The Hall–Kier alpha value is -3.02. The van der Waals surface area contributed by atoms with Gasteiger partial charge in [-0.1, -0.05) is 12.1 Å². The van der Waals surface area contributed by atoms with Crippen LogP contribution in [0.4, 0.5) is 4.79 Å². The maximum absolute atomic E-state index is 13.0. The van der Waals surface area contributed by atoms with E-state index in [1.54, 1.807) is 32.6 Å². The quantitative estimate of drug-likeness (QED) is 0.552. The predicted octanol–water partition coefficient (Wildman–Crippen LogP) is 1.32. The van der Waals surface area contributed by atoms with Gasteiger partial charge in [0.25, 0.3) is 0 Å². The summed E-state index contributed by atoms with van der Waals surface area (Å²) in [4.78, 5) is 40.7. The van der Waals surface area contributed by atoms with Crippen molar-refractivity contribution in [1.82, 2.24) is 25.8 Å². The first-order valence-electron chi connectivity index (χ1n) is 10.5. The monoisotopic (exact) mass is 473 g/mol. The van der Waals surface area contributed by atoms with Crippen LogP contribution in [0.1, 0.15) is 17.5 Å². The van der Waals surface area contributed by atoms with Gasteiger partial charge in [-0.05, 0) is 29.8 Å². The van der Waals surface area contributed by atoms with Crippen LogP contribution in [0.15, 0.2) is 47.1 Å². The normalized spacial score (nSPS) is 25.1. The molecule has 3 heterocycles. The van der Waals surface area contributed by atoms with Crippen LogP contribution in [0.2, 0.25) is 0 Å². The number of nitrogens with one attached hydrogen (secondary N) is 3. The molecule has 0 spiro atoms. The second kappa shape index (κ2) is 9.86. The molecule has 3 N–H and O–H groups in total. The number of urea groups is 1. The molecule has 4 amide bonds. The Morgan fingerprint density at radius 3 is 2.76 bits per heavy atom. The first-order chi connectivity index (χ1) is 15.9. The smallest absolute Gasteiger partial charge is 0.327 e. The fourth-order valence-electron chi connectivity index (χ4n) is 4.03. The third-order valence-electron chi connectivity index (χ3n) is 5.82. The number of amides is 4. The lowest BCUT2D eigenvalue weighted by molar-refractivity contribution is -0.140. The Balaban J connectivity index is 1.51. The van der Waals surface area contributed by atoms with E-state index in [0.29, 0.717) is 18.1 Å². The number of carbonyl (C=O) groups excluding carboxylic acids is 3. The van der Waals surface area contributed by atoms with Crippen molar-refractivity contribution < 1.29 is 23.5 Å². The van der Waals surface area contributed by atoms with Crippen LogP contribution in [0.25, 0.3) is 0 Å². The van der Waals surface area contributed by atoms with Crippen molar-refractivity contribution in [3.8, 4) is 5.75 Å². The summed E-state index contributed by atoms with van der Waals surface area (Å²) in [7, 11) is 4.74. The van der Waals surface area contributed by atoms with E-state index in [1.165, 1.54) is 23.7 Å². The number of carbonyl (C=O) groups is 3. The fourth-order valence-corrected chi connectivity index (χ4v) is 5.17. The summed E-state index contributed by atoms with van der Waals surface area (Å²) in [6.07, 6.45) is 0.677. The minimum atomic E-state index is -0.567. The molecule has 33 heavy (non-hydrogen) atoms. The molecule has 0 saturated carbocycles. The van der Waals surface area contributed by atoms with Gasteiger partial charge in [0.05, 0.1) is 49.3 Å². The molecule has 4 unspecified atom stereocenters. The number of hydrogen-bond donors (Lipinski definition) is 3. The fraction of sp³-hybridized carbons (Fsp3) is 0.409. The summed E-state index contributed by atoms with van der Waals surface area (Å²) < 4.78 is 10.6. The van der Waals surface area contributed by atoms with Crippen molar-refractivity contribution in [3.05, 3.63) is 54.0 Å². The van der Waals surface area contributed by atoms with Gasteiger partial charge in [0.15, 0.2) is 0 Å². The third kappa shape index (κ3) is 4.85. The van der Waals surface area contributed by atoms with E-state index in [-0.39, 0.29) is 29.8 Å². The lowest BCUT2D eigenvalue weighted by atomic mass is 9.96. The highest BCUT2D eigenvalue weighted by molar-refractivity contribution is 8.00. The molecule has 176 valence electrons. The van der Waals surface area contributed by atoms with Crippen molar-refractivity contribution in [3.63, 3.8) is 0 Å². The molecule has 2 fully saturated rings. The number of fused-ring (bicyclic) bond motifs is 1. The van der Waals surface area contributed by atoms with Crippen LogP contribution in [-0.2, 0) is 16.1 Å². The number of benzene rings is 1. The molecule has 11 heteroatoms. The number of thioether (sulfide) groups is 1. The molecule has 2 saturated heterocycles. The van der Waals surface area contributed by atoms with E-state index >= 15 is 0 Å². The first-order valence-corrected chi connectivity index (χ1v) is 11.5. The van der Waals surface area contributed by atoms with Gasteiger partial charge in [0.2, 0.25) is 11.8 Å². The van der Waals surface area contributed by atoms with Gasteiger partial charge in [-0.25, -0.2) is 4.79 Å². The number of nitrogens with zero attached hydrogens (tertiary/aromatic N) is 2. The third-order valence-corrected chi connectivity index (χ3v) is 7.03. The summed E-state index contributed by atoms with van der Waals surface area (Å²) in [6, 6.07) is 10.7. The Morgan fingerprint density at radius 2 is 2.03 bits per heavy atom. The summed E-state index contributed by atoms with van der Waals surface area (Å²) in [5.74, 6) is 0.468. The Kier molecular flexibility index (Phi) is 6.91. The zero-order valence-corrected chi connectivity index (χ0v) is 19.4. The summed E-state index contributed by atoms with van der Waals surface area (Å²) in [5, 5.41) is 9.23. The summed E-state index contributed by atoms with van der Waals surface area (Å²) in [5.41, 5.74) is 0.896. The predicted molar refractivity (Wildman–Crippen MR) is 122 cm³/mol. The average molecular weight is 474 g/mol. The molecule has 1 aromatic carbocycles. The number of furan rings is 1. The lowest BCUT2D eigenvalue weighted by Crippen LogP contribution is -2.72. The van der Waals surface area contributed by atoms with Crippen LogP contribution in [-0.4, -0.2) is 66.1 Å². The lowest BCUT2D eigenvalue weighted by Gasteiger charge is -2.50. The highest BCUT2D eigenvalue weighted by Gasteiger charge is 2.51. The van der Waals surface area contributed by atoms with Crippen molar-refractivity contribution >= 4 is 29.6 Å². The minimum Gasteiger partial charge on any atom is -0.497 e. The van der Waals surface area contributed by atoms with Crippen LogP contribution in [0.5, 0.6) is 5.75 Å². The standard InChI is InChI=1S/C22H27N5O5S/c1-26-19-17(21(29)27(2)22(26)30)20(33-12-16(28)23-11-15-8-5-9-32-15)25-18(24-19)13-6-4-7-14(10-13)31-3/h4-10,17-20,24-25H,11-12H2,1-3H3,(H,23,28). The highest BCUT2D eigenvalue weighted by Crippen LogP contribution is 2.34. The Labute approximate surface area is 196 Å². The Bertz CT molecular complexity index is 1020. The maximum Gasteiger partial charge on any atom is 0.327 e. The molecule has 2 aliphatic heterocycles. The average Bonchev–Trinajstić information content (AvgIpc) is 3.36. The van der Waals surface area contributed by atoms with E-state index < -0.39 is 17.5 Å². The summed E-state index contributed by atoms with van der Waals surface area (Å²) >= 11 is 1.34. The first kappa shape index (κ1) is 23.1. The van der Waals surface area contributed by atoms with E-state index in [4.69, 9.17) is 9.15 Å². The van der Waals surface area contributed by atoms with E-state index in [0.717, 1.165) is 10.5 Å². The number of methoxy groups -OCH3 is 1. The van der Waals surface area contributed by atoms with Crippen molar-refractivity contribution in [1.29, 1.82) is 0 Å². The van der Waals surface area contributed by atoms with Crippen LogP contribution in [0.3, 0.4) is 0 Å². The van der Waals surface area contributed by atoms with Gasteiger partial charge in [0, 0.05) is 14.1 Å². The van der Waals surface area contributed by atoms with Gasteiger partial charge in [-0.3, -0.25) is 25.1 Å². The van der Waals surface area contributed by atoms with Gasteiger partial charge >= 0.3 is 6.03 Å². The van der Waals surface area contributed by atoms with Gasteiger partial charge in [0.1, 0.15) is 11.5 Å². The second-order valence-electron chi connectivity index (χ2n) is 7.89. The molecule has 0 radical (unpaired) electrons. The number of rotatable bonds is 7. The van der Waals surface area contributed by atoms with Gasteiger partial charge in [-0.15, -0.1) is 11.8 Å². The van der Waals surface area contributed by atoms with Crippen molar-refractivity contribution in [2.45, 2.75) is 24.3 Å². The molecule has 2 aliphatic rings. The van der Waals surface area contributed by atoms with Crippen LogP contribution < -0.4 is 20.7 Å². The van der Waals surface area contributed by atoms with Crippen LogP contribution >= 0.6 is 11.8 Å². The number of ether oxygens (including phenoxy) is 1. The number of hydrogen-bond acceptors (Lipinski definition) is 8. The summed E-state index contributed by atoms with van der Waals surface area (Å²) in [6.45, 7) is 0.295.